The van der Waals surface area contributed by atoms with Crippen molar-refractivity contribution < 1.29 is 0 Å². The molecule has 0 spiro atoms. The van der Waals surface area contributed by atoms with Gasteiger partial charge in [0.2, 0.25) is 0 Å². The van der Waals surface area contributed by atoms with Crippen LogP contribution in [0.4, 0.5) is 0 Å². The van der Waals surface area contributed by atoms with Gasteiger partial charge in [0.25, 0.3) is 0 Å². The highest BCUT2D eigenvalue weighted by Crippen LogP contribution is 2.62. The standard InChI is InChI=1S/C28H26/c1-4-18-28(19-17-20-11-5-10-16-25(20)28)27(2,3)26-23-14-8-6-12-21(23)22-13-7-9-15-24(22)26/h4-17,19,26H,1,18H2,2-3H3. The summed E-state index contributed by atoms with van der Waals surface area (Å²) in [5.41, 5.74) is 8.37. The molecule has 28 heavy (non-hydrogen) atoms. The Bertz CT molecular complexity index is 1050. The molecule has 0 bridgehead atoms. The summed E-state index contributed by atoms with van der Waals surface area (Å²) in [6.45, 7) is 9.04. The summed E-state index contributed by atoms with van der Waals surface area (Å²) in [7, 11) is 0. The highest BCUT2D eigenvalue weighted by atomic mass is 14.6. The van der Waals surface area contributed by atoms with Crippen LogP contribution in [-0.4, -0.2) is 0 Å². The second kappa shape index (κ2) is 6.07. The van der Waals surface area contributed by atoms with Crippen molar-refractivity contribution in [3.8, 4) is 11.1 Å². The third kappa shape index (κ3) is 2.12. The number of fused-ring (bicyclic) bond motifs is 4. The molecule has 1 atom stereocenters. The fraction of sp³-hybridized carbons (Fsp3) is 0.214. The van der Waals surface area contributed by atoms with Crippen LogP contribution in [0.5, 0.6) is 0 Å². The molecule has 5 rings (SSSR count). The van der Waals surface area contributed by atoms with E-state index in [1.807, 2.05) is 0 Å². The molecule has 0 fully saturated rings. The zero-order valence-electron chi connectivity index (χ0n) is 16.7. The molecule has 0 radical (unpaired) electrons. The van der Waals surface area contributed by atoms with Gasteiger partial charge in [-0.2, -0.15) is 0 Å². The second-order valence-electron chi connectivity index (χ2n) is 8.71. The van der Waals surface area contributed by atoms with E-state index in [0.717, 1.165) is 6.42 Å². The van der Waals surface area contributed by atoms with E-state index >= 15 is 0 Å². The first-order chi connectivity index (χ1) is 13.6. The largest absolute Gasteiger partial charge is 0.103 e. The van der Waals surface area contributed by atoms with Crippen LogP contribution in [0.15, 0.2) is 91.5 Å². The fourth-order valence-corrected chi connectivity index (χ4v) is 5.79. The Labute approximate surface area is 168 Å². The molecule has 0 aliphatic heterocycles. The van der Waals surface area contributed by atoms with Crippen LogP contribution in [0.1, 0.15) is 48.4 Å². The number of allylic oxidation sites excluding steroid dienone is 2. The van der Waals surface area contributed by atoms with Crippen molar-refractivity contribution in [2.24, 2.45) is 5.41 Å². The van der Waals surface area contributed by atoms with Crippen LogP contribution < -0.4 is 0 Å². The van der Waals surface area contributed by atoms with Gasteiger partial charge in [-0.3, -0.25) is 0 Å². The van der Waals surface area contributed by atoms with Crippen molar-refractivity contribution in [2.45, 2.75) is 31.6 Å². The lowest BCUT2D eigenvalue weighted by molar-refractivity contribution is 0.185. The third-order valence-electron chi connectivity index (χ3n) is 7.16. The molecule has 0 nitrogen and oxygen atoms in total. The van der Waals surface area contributed by atoms with Gasteiger partial charge in [-0.15, -0.1) is 6.58 Å². The van der Waals surface area contributed by atoms with Gasteiger partial charge in [-0.1, -0.05) is 105 Å². The molecule has 2 aliphatic carbocycles. The van der Waals surface area contributed by atoms with Gasteiger partial charge in [0.1, 0.15) is 0 Å². The Kier molecular flexibility index (Phi) is 3.74. The van der Waals surface area contributed by atoms with Crippen LogP contribution in [0, 0.1) is 5.41 Å². The second-order valence-corrected chi connectivity index (χ2v) is 8.71. The lowest BCUT2D eigenvalue weighted by Crippen LogP contribution is -2.43. The van der Waals surface area contributed by atoms with Gasteiger partial charge in [0, 0.05) is 11.3 Å². The SMILES string of the molecule is C=CCC1(C(C)(C)C2c3ccccc3-c3ccccc32)C=Cc2ccccc21. The maximum absolute atomic E-state index is 4.14. The molecule has 138 valence electrons. The molecule has 3 aromatic carbocycles. The van der Waals surface area contributed by atoms with Crippen LogP contribution >= 0.6 is 0 Å². The van der Waals surface area contributed by atoms with Crippen LogP contribution in [0.2, 0.25) is 0 Å². The van der Waals surface area contributed by atoms with Crippen molar-refractivity contribution in [2.75, 3.05) is 0 Å². The van der Waals surface area contributed by atoms with Gasteiger partial charge in [0.05, 0.1) is 0 Å². The minimum Gasteiger partial charge on any atom is -0.103 e. The molecule has 0 heterocycles. The average Bonchev–Trinajstić information content (AvgIpc) is 3.26. The molecule has 0 amide bonds. The van der Waals surface area contributed by atoms with Crippen molar-refractivity contribution in [1.82, 2.24) is 0 Å². The zero-order chi connectivity index (χ0) is 19.4. The Balaban J connectivity index is 1.77. The first-order valence-corrected chi connectivity index (χ1v) is 10.2. The highest BCUT2D eigenvalue weighted by Gasteiger charge is 2.53. The van der Waals surface area contributed by atoms with E-state index < -0.39 is 0 Å². The summed E-state index contributed by atoms with van der Waals surface area (Å²) in [5.74, 6) is 0.343. The molecular formula is C28H26. The van der Waals surface area contributed by atoms with Gasteiger partial charge in [-0.05, 0) is 45.2 Å². The number of rotatable bonds is 4. The van der Waals surface area contributed by atoms with Crippen LogP contribution in [0.3, 0.4) is 0 Å². The van der Waals surface area contributed by atoms with Crippen molar-refractivity contribution in [1.29, 1.82) is 0 Å². The minimum atomic E-state index is -0.0689. The molecule has 0 saturated heterocycles. The van der Waals surface area contributed by atoms with Crippen LogP contribution in [0.25, 0.3) is 17.2 Å². The highest BCUT2D eigenvalue weighted by molar-refractivity contribution is 5.80. The van der Waals surface area contributed by atoms with Gasteiger partial charge in [0.15, 0.2) is 0 Å². The number of hydrogen-bond acceptors (Lipinski definition) is 0. The summed E-state index contributed by atoms with van der Waals surface area (Å²) >= 11 is 0. The predicted molar refractivity (Wildman–Crippen MR) is 119 cm³/mol. The van der Waals surface area contributed by atoms with Crippen molar-refractivity contribution in [3.05, 3.63) is 114 Å². The first kappa shape index (κ1) is 17.3. The average molecular weight is 363 g/mol. The Morgan fingerprint density at radius 3 is 2.07 bits per heavy atom. The maximum atomic E-state index is 4.14. The molecule has 3 aromatic rings. The van der Waals surface area contributed by atoms with E-state index in [0.29, 0.717) is 5.92 Å². The van der Waals surface area contributed by atoms with Gasteiger partial charge in [-0.25, -0.2) is 0 Å². The van der Waals surface area contributed by atoms with E-state index in [4.69, 9.17) is 0 Å². The number of hydrogen-bond donors (Lipinski definition) is 0. The van der Waals surface area contributed by atoms with E-state index in [-0.39, 0.29) is 10.8 Å². The van der Waals surface area contributed by atoms with E-state index in [2.05, 4.69) is 111 Å². The molecule has 0 saturated carbocycles. The fourth-order valence-electron chi connectivity index (χ4n) is 5.79. The normalized spacial score (nSPS) is 19.9. The summed E-state index contributed by atoms with van der Waals surface area (Å²) in [4.78, 5) is 0. The minimum absolute atomic E-state index is 0.0208. The van der Waals surface area contributed by atoms with Gasteiger partial charge < -0.3 is 0 Å². The predicted octanol–water partition coefficient (Wildman–Crippen LogP) is 7.37. The Morgan fingerprint density at radius 1 is 0.857 bits per heavy atom. The molecule has 0 heteroatoms. The Morgan fingerprint density at radius 2 is 1.43 bits per heavy atom. The summed E-state index contributed by atoms with van der Waals surface area (Å²) in [6.07, 6.45) is 7.80. The molecular weight excluding hydrogens is 336 g/mol. The van der Waals surface area contributed by atoms with E-state index in [1.54, 1.807) is 0 Å². The van der Waals surface area contributed by atoms with Crippen LogP contribution in [-0.2, 0) is 5.41 Å². The smallest absolute Gasteiger partial charge is 0.0235 e. The summed E-state index contributed by atoms with van der Waals surface area (Å²) in [6, 6.07) is 26.8. The van der Waals surface area contributed by atoms with Gasteiger partial charge >= 0.3 is 0 Å². The summed E-state index contributed by atoms with van der Waals surface area (Å²) in [5, 5.41) is 0. The van der Waals surface area contributed by atoms with Crippen molar-refractivity contribution in [3.63, 3.8) is 0 Å². The summed E-state index contributed by atoms with van der Waals surface area (Å²) < 4.78 is 0. The topological polar surface area (TPSA) is 0 Å². The molecule has 0 aromatic heterocycles. The monoisotopic (exact) mass is 362 g/mol. The van der Waals surface area contributed by atoms with E-state index in [1.165, 1.54) is 33.4 Å². The molecule has 1 unspecified atom stereocenters. The molecule has 0 N–H and O–H groups in total. The zero-order valence-corrected chi connectivity index (χ0v) is 16.7. The number of benzene rings is 3. The van der Waals surface area contributed by atoms with Crippen molar-refractivity contribution >= 4 is 6.08 Å². The molecule has 2 aliphatic rings. The maximum Gasteiger partial charge on any atom is 0.0235 e. The lowest BCUT2D eigenvalue weighted by atomic mass is 9.54. The lowest BCUT2D eigenvalue weighted by Gasteiger charge is -2.48. The van der Waals surface area contributed by atoms with E-state index in [9.17, 15) is 0 Å². The Hall–Kier alpha value is -2.86. The first-order valence-electron chi connectivity index (χ1n) is 10.2. The quantitative estimate of drug-likeness (QED) is 0.425. The third-order valence-corrected chi connectivity index (χ3v) is 7.16.